The topological polar surface area (TPSA) is 115 Å². The molecular weight excluding hydrogens is 553 g/mol. The van der Waals surface area contributed by atoms with Crippen molar-refractivity contribution in [3.8, 4) is 5.69 Å². The van der Waals surface area contributed by atoms with E-state index in [4.69, 9.17) is 23.2 Å². The molecule has 13 heteroatoms. The number of thiophene rings is 1. The number of aryl methyl sites for hydroxylation is 1. The molecule has 186 valence electrons. The summed E-state index contributed by atoms with van der Waals surface area (Å²) < 4.78 is 50.3. The number of nitrogens with zero attached hydrogens (tertiary/aromatic N) is 2. The number of hydrogen-bond donors (Lipinski definition) is 1. The third-order valence-corrected chi connectivity index (χ3v) is 10.6. The maximum Gasteiger partial charge on any atom is 0.235 e. The van der Waals surface area contributed by atoms with Crippen LogP contribution in [0, 0.1) is 0 Å². The first-order chi connectivity index (χ1) is 16.5. The highest BCUT2D eigenvalue weighted by Crippen LogP contribution is 2.35. The molecule has 2 aromatic heterocycles. The minimum absolute atomic E-state index is 0.0521. The normalized spacial score (nSPS) is 15.2. The first-order valence-electron chi connectivity index (χ1n) is 10.5. The lowest BCUT2D eigenvalue weighted by Gasteiger charge is -2.18. The number of amides is 1. The van der Waals surface area contributed by atoms with Crippen LogP contribution in [0.4, 0.5) is 0 Å². The van der Waals surface area contributed by atoms with Gasteiger partial charge in [-0.15, -0.1) is 11.3 Å². The Bertz CT molecular complexity index is 1500. The molecule has 0 radical (unpaired) electrons. The quantitative estimate of drug-likeness (QED) is 0.457. The minimum atomic E-state index is -3.85. The summed E-state index contributed by atoms with van der Waals surface area (Å²) in [4.78, 5) is 12.5. The Balaban J connectivity index is 1.49. The number of halogens is 2. The second kappa shape index (κ2) is 10.1. The van der Waals surface area contributed by atoms with E-state index < -0.39 is 31.3 Å². The fourth-order valence-electron chi connectivity index (χ4n) is 3.79. The van der Waals surface area contributed by atoms with Crippen molar-refractivity contribution in [1.82, 2.24) is 15.1 Å². The zero-order valence-electron chi connectivity index (χ0n) is 18.5. The molecule has 0 saturated carbocycles. The van der Waals surface area contributed by atoms with Gasteiger partial charge in [-0.2, -0.15) is 5.10 Å². The standard InChI is InChI=1S/C22H21Cl2N3O5S3/c1-34(29,30)17-7-5-16(6-8-17)27-21-14(3-2-4-15(21)12-26-27)9-10-25-19(28)13-35(31,32)20-11-18(23)22(24)33-20/h5-9,11-12H,2-4,10,13H2,1H3,(H,25,28)/b14-9+. The molecule has 1 amide bonds. The molecule has 8 nitrogen and oxygen atoms in total. The first kappa shape index (κ1) is 25.9. The fourth-order valence-corrected chi connectivity index (χ4v) is 7.54. The van der Waals surface area contributed by atoms with E-state index >= 15 is 0 Å². The SMILES string of the molecule is CS(=O)(=O)c1ccc(-n2ncc3c2/C(=C/CNC(=O)CS(=O)(=O)c2cc(Cl)c(Cl)s2)CCC3)cc1. The van der Waals surface area contributed by atoms with Crippen LogP contribution in [0.3, 0.4) is 0 Å². The van der Waals surface area contributed by atoms with Gasteiger partial charge in [-0.05, 0) is 60.7 Å². The van der Waals surface area contributed by atoms with Crippen LogP contribution in [-0.2, 0) is 30.9 Å². The molecule has 0 unspecified atom stereocenters. The molecule has 1 aromatic carbocycles. The number of aromatic nitrogens is 2. The van der Waals surface area contributed by atoms with E-state index in [-0.39, 0.29) is 25.0 Å². The Morgan fingerprint density at radius 2 is 1.89 bits per heavy atom. The number of hydrogen-bond acceptors (Lipinski definition) is 7. The lowest BCUT2D eigenvalue weighted by Crippen LogP contribution is -2.30. The Morgan fingerprint density at radius 3 is 2.51 bits per heavy atom. The first-order valence-corrected chi connectivity index (χ1v) is 15.6. The van der Waals surface area contributed by atoms with Crippen molar-refractivity contribution in [2.45, 2.75) is 28.4 Å². The largest absolute Gasteiger partial charge is 0.352 e. The molecule has 35 heavy (non-hydrogen) atoms. The number of allylic oxidation sites excluding steroid dienone is 1. The highest BCUT2D eigenvalue weighted by atomic mass is 35.5. The number of carbonyl (C=O) groups is 1. The van der Waals surface area contributed by atoms with E-state index in [9.17, 15) is 21.6 Å². The zero-order chi connectivity index (χ0) is 25.4. The molecule has 0 bridgehead atoms. The third-order valence-electron chi connectivity index (χ3n) is 5.45. The predicted octanol–water partition coefficient (Wildman–Crippen LogP) is 3.95. The average Bonchev–Trinajstić information content (AvgIpc) is 3.37. The van der Waals surface area contributed by atoms with Crippen molar-refractivity contribution in [3.63, 3.8) is 0 Å². The van der Waals surface area contributed by atoms with Crippen molar-refractivity contribution in [1.29, 1.82) is 0 Å². The van der Waals surface area contributed by atoms with Gasteiger partial charge in [0.15, 0.2) is 19.7 Å². The van der Waals surface area contributed by atoms with Crippen LogP contribution in [-0.4, -0.2) is 51.1 Å². The molecule has 1 N–H and O–H groups in total. The van der Waals surface area contributed by atoms with Crippen LogP contribution in [0.5, 0.6) is 0 Å². The van der Waals surface area contributed by atoms with E-state index in [0.29, 0.717) is 0 Å². The van der Waals surface area contributed by atoms with Gasteiger partial charge in [0.25, 0.3) is 0 Å². The summed E-state index contributed by atoms with van der Waals surface area (Å²) in [5, 5.41) is 7.25. The molecule has 0 saturated heterocycles. The zero-order valence-corrected chi connectivity index (χ0v) is 22.5. The number of sulfone groups is 2. The molecule has 1 aliphatic rings. The molecular formula is C22H21Cl2N3O5S3. The summed E-state index contributed by atoms with van der Waals surface area (Å²) in [5.41, 5.74) is 3.63. The second-order valence-corrected chi connectivity index (χ2v) is 14.3. The highest BCUT2D eigenvalue weighted by molar-refractivity contribution is 7.94. The minimum Gasteiger partial charge on any atom is -0.352 e. The van der Waals surface area contributed by atoms with E-state index in [0.717, 1.165) is 59.4 Å². The van der Waals surface area contributed by atoms with Crippen molar-refractivity contribution in [2.24, 2.45) is 0 Å². The molecule has 0 aliphatic heterocycles. The molecule has 0 atom stereocenters. The van der Waals surface area contributed by atoms with Crippen molar-refractivity contribution < 1.29 is 21.6 Å². The van der Waals surface area contributed by atoms with Gasteiger partial charge in [-0.25, -0.2) is 21.5 Å². The van der Waals surface area contributed by atoms with Crippen molar-refractivity contribution >= 4 is 65.7 Å². The Kier molecular flexibility index (Phi) is 7.44. The van der Waals surface area contributed by atoms with Gasteiger partial charge in [0.1, 0.15) is 14.3 Å². The van der Waals surface area contributed by atoms with Gasteiger partial charge in [0.05, 0.1) is 27.5 Å². The van der Waals surface area contributed by atoms with Crippen LogP contribution in [0.15, 0.2) is 51.7 Å². The van der Waals surface area contributed by atoms with Crippen molar-refractivity contribution in [3.05, 3.63) is 63.2 Å². The average molecular weight is 575 g/mol. The summed E-state index contributed by atoms with van der Waals surface area (Å²) in [6.45, 7) is 0.146. The molecule has 3 aromatic rings. The summed E-state index contributed by atoms with van der Waals surface area (Å²) in [7, 11) is -7.16. The highest BCUT2D eigenvalue weighted by Gasteiger charge is 2.24. The Morgan fingerprint density at radius 1 is 1.17 bits per heavy atom. The lowest BCUT2D eigenvalue weighted by molar-refractivity contribution is -0.118. The van der Waals surface area contributed by atoms with Gasteiger partial charge < -0.3 is 5.32 Å². The second-order valence-electron chi connectivity index (χ2n) is 8.03. The van der Waals surface area contributed by atoms with E-state index in [2.05, 4.69) is 10.4 Å². The number of nitrogens with one attached hydrogen (secondary N) is 1. The van der Waals surface area contributed by atoms with Crippen LogP contribution in [0.25, 0.3) is 11.3 Å². The molecule has 1 aliphatic carbocycles. The van der Waals surface area contributed by atoms with Gasteiger partial charge in [-0.3, -0.25) is 4.79 Å². The maximum absolute atomic E-state index is 12.5. The molecule has 0 fully saturated rings. The maximum atomic E-state index is 12.5. The van der Waals surface area contributed by atoms with Crippen LogP contribution in [0.2, 0.25) is 9.36 Å². The number of carbonyl (C=O) groups excluding carboxylic acids is 1. The molecule has 4 rings (SSSR count). The third kappa shape index (κ3) is 5.80. The summed E-state index contributed by atoms with van der Waals surface area (Å²) in [5.74, 6) is -1.34. The fraction of sp³-hybridized carbons (Fsp3) is 0.273. The van der Waals surface area contributed by atoms with Gasteiger partial charge in [-0.1, -0.05) is 29.3 Å². The Labute approximate surface area is 217 Å². The van der Waals surface area contributed by atoms with Crippen LogP contribution < -0.4 is 5.32 Å². The summed E-state index contributed by atoms with van der Waals surface area (Å²) >= 11 is 12.5. The van der Waals surface area contributed by atoms with Crippen molar-refractivity contribution in [2.75, 3.05) is 18.6 Å². The summed E-state index contributed by atoms with van der Waals surface area (Å²) in [6, 6.07) is 7.72. The van der Waals surface area contributed by atoms with Gasteiger partial charge >= 0.3 is 0 Å². The van der Waals surface area contributed by atoms with Gasteiger partial charge in [0.2, 0.25) is 5.91 Å². The van der Waals surface area contributed by atoms with Crippen LogP contribution in [0.1, 0.15) is 24.1 Å². The van der Waals surface area contributed by atoms with Gasteiger partial charge in [0, 0.05) is 12.8 Å². The number of rotatable bonds is 7. The van der Waals surface area contributed by atoms with E-state index in [1.807, 2.05) is 6.08 Å². The van der Waals surface area contributed by atoms with Crippen LogP contribution >= 0.6 is 34.5 Å². The molecule has 2 heterocycles. The Hall–Kier alpha value is -2.18. The predicted molar refractivity (Wildman–Crippen MR) is 137 cm³/mol. The smallest absolute Gasteiger partial charge is 0.235 e. The van der Waals surface area contributed by atoms with E-state index in [1.165, 1.54) is 6.07 Å². The molecule has 0 spiro atoms. The van der Waals surface area contributed by atoms with E-state index in [1.54, 1.807) is 35.1 Å². The monoisotopic (exact) mass is 573 g/mol. The lowest BCUT2D eigenvalue weighted by atomic mass is 9.92. The summed E-state index contributed by atoms with van der Waals surface area (Å²) in [6.07, 6.45) is 7.33. The number of benzene rings is 1. The number of fused-ring (bicyclic) bond motifs is 1.